The molecule has 72 valence electrons. The van der Waals surface area contributed by atoms with Gasteiger partial charge in [-0.15, -0.1) is 0 Å². The molecule has 0 unspecified atom stereocenters. The van der Waals surface area contributed by atoms with Crippen LogP contribution in [0.25, 0.3) is 10.9 Å². The number of nitrogens with zero attached hydrogens (tertiary/aromatic N) is 2. The molecule has 0 radical (unpaired) electrons. The summed E-state index contributed by atoms with van der Waals surface area (Å²) in [6, 6.07) is 8.16. The fourth-order valence-corrected chi connectivity index (χ4v) is 1.67. The highest BCUT2D eigenvalue weighted by atomic mass is 15.1. The van der Waals surface area contributed by atoms with Gasteiger partial charge in [-0.05, 0) is 24.0 Å². The maximum Gasteiger partial charge on any atom is 0.0932 e. The van der Waals surface area contributed by atoms with Crippen LogP contribution in [0.5, 0.6) is 0 Å². The normalized spacial score (nSPS) is 11.1. The first kappa shape index (κ1) is 9.13. The van der Waals surface area contributed by atoms with Gasteiger partial charge in [-0.1, -0.05) is 32.0 Å². The first-order chi connectivity index (χ1) is 6.77. The largest absolute Gasteiger partial charge is 0.158 e. The molecule has 0 fully saturated rings. The number of aromatic nitrogens is 2. The van der Waals surface area contributed by atoms with Crippen LogP contribution in [-0.2, 0) is 6.42 Å². The molecule has 2 aromatic rings. The summed E-state index contributed by atoms with van der Waals surface area (Å²) in [6.07, 6.45) is 2.94. The summed E-state index contributed by atoms with van der Waals surface area (Å²) in [4.78, 5) is 0. The summed E-state index contributed by atoms with van der Waals surface area (Å²) in [5.74, 6) is 0.655. The maximum absolute atomic E-state index is 4.10. The Morgan fingerprint density at radius 2 is 2.00 bits per heavy atom. The van der Waals surface area contributed by atoms with Crippen molar-refractivity contribution in [2.24, 2.45) is 5.92 Å². The van der Waals surface area contributed by atoms with Crippen molar-refractivity contribution in [1.29, 1.82) is 0 Å². The Labute approximate surface area is 84.0 Å². The number of hydrogen-bond acceptors (Lipinski definition) is 2. The van der Waals surface area contributed by atoms with Crippen molar-refractivity contribution < 1.29 is 0 Å². The number of hydrogen-bond donors (Lipinski definition) is 0. The molecule has 0 aliphatic rings. The SMILES string of the molecule is CC(C)Cc1cnnc2ccccc12. The van der Waals surface area contributed by atoms with Crippen molar-refractivity contribution in [1.82, 2.24) is 10.2 Å². The Morgan fingerprint density at radius 3 is 2.79 bits per heavy atom. The van der Waals surface area contributed by atoms with Gasteiger partial charge >= 0.3 is 0 Å². The lowest BCUT2D eigenvalue weighted by Gasteiger charge is -2.06. The molecule has 2 rings (SSSR count). The fraction of sp³-hybridized carbons (Fsp3) is 0.333. The summed E-state index contributed by atoms with van der Waals surface area (Å²) in [6.45, 7) is 4.43. The third kappa shape index (κ3) is 1.74. The second kappa shape index (κ2) is 3.74. The molecule has 0 atom stereocenters. The topological polar surface area (TPSA) is 25.8 Å². The minimum atomic E-state index is 0.655. The van der Waals surface area contributed by atoms with Crippen LogP contribution in [0.15, 0.2) is 30.5 Å². The van der Waals surface area contributed by atoms with Gasteiger partial charge in [-0.3, -0.25) is 0 Å². The van der Waals surface area contributed by atoms with E-state index in [1.54, 1.807) is 0 Å². The van der Waals surface area contributed by atoms with E-state index in [0.29, 0.717) is 5.92 Å². The van der Waals surface area contributed by atoms with E-state index >= 15 is 0 Å². The minimum absolute atomic E-state index is 0.655. The molecule has 0 aliphatic heterocycles. The van der Waals surface area contributed by atoms with Gasteiger partial charge in [0.15, 0.2) is 0 Å². The molecule has 14 heavy (non-hydrogen) atoms. The lowest BCUT2D eigenvalue weighted by Crippen LogP contribution is -1.97. The molecule has 0 bridgehead atoms. The highest BCUT2D eigenvalue weighted by Crippen LogP contribution is 2.17. The molecule has 0 amide bonds. The van der Waals surface area contributed by atoms with Crippen molar-refractivity contribution in [2.75, 3.05) is 0 Å². The standard InChI is InChI=1S/C12H14N2/c1-9(2)7-10-8-13-14-12-6-4-3-5-11(10)12/h3-6,8-9H,7H2,1-2H3. The minimum Gasteiger partial charge on any atom is -0.158 e. The first-order valence-corrected chi connectivity index (χ1v) is 4.96. The Hall–Kier alpha value is -1.44. The number of rotatable bonds is 2. The van der Waals surface area contributed by atoms with Crippen LogP contribution in [0.1, 0.15) is 19.4 Å². The van der Waals surface area contributed by atoms with Crippen molar-refractivity contribution in [3.8, 4) is 0 Å². The Kier molecular flexibility index (Phi) is 2.44. The van der Waals surface area contributed by atoms with Crippen LogP contribution < -0.4 is 0 Å². The molecule has 1 aromatic carbocycles. The van der Waals surface area contributed by atoms with Crippen molar-refractivity contribution in [3.05, 3.63) is 36.0 Å². The lowest BCUT2D eigenvalue weighted by molar-refractivity contribution is 0.647. The van der Waals surface area contributed by atoms with E-state index in [1.807, 2.05) is 24.4 Å². The molecular formula is C12H14N2. The molecule has 1 aromatic heterocycles. The van der Waals surface area contributed by atoms with Crippen molar-refractivity contribution in [2.45, 2.75) is 20.3 Å². The molecule has 1 heterocycles. The molecule has 2 heteroatoms. The summed E-state index contributed by atoms with van der Waals surface area (Å²) < 4.78 is 0. The second-order valence-electron chi connectivity index (χ2n) is 3.98. The Balaban J connectivity index is 2.53. The smallest absolute Gasteiger partial charge is 0.0932 e. The third-order valence-electron chi connectivity index (χ3n) is 2.26. The zero-order valence-corrected chi connectivity index (χ0v) is 8.57. The maximum atomic E-state index is 4.10. The van der Waals surface area contributed by atoms with Gasteiger partial charge in [0.25, 0.3) is 0 Å². The van der Waals surface area contributed by atoms with E-state index in [0.717, 1.165) is 11.9 Å². The monoisotopic (exact) mass is 186 g/mol. The molecular weight excluding hydrogens is 172 g/mol. The van der Waals surface area contributed by atoms with Gasteiger partial charge in [0.05, 0.1) is 11.7 Å². The molecule has 0 aliphatic carbocycles. The van der Waals surface area contributed by atoms with Gasteiger partial charge in [-0.25, -0.2) is 0 Å². The Morgan fingerprint density at radius 1 is 1.21 bits per heavy atom. The molecule has 0 N–H and O–H groups in total. The van der Waals surface area contributed by atoms with Crippen LogP contribution in [-0.4, -0.2) is 10.2 Å². The summed E-state index contributed by atoms with van der Waals surface area (Å²) in [5.41, 5.74) is 2.29. The van der Waals surface area contributed by atoms with Crippen LogP contribution in [0.2, 0.25) is 0 Å². The predicted octanol–water partition coefficient (Wildman–Crippen LogP) is 2.83. The van der Waals surface area contributed by atoms with Gasteiger partial charge in [0.2, 0.25) is 0 Å². The van der Waals surface area contributed by atoms with E-state index in [2.05, 4.69) is 30.1 Å². The third-order valence-corrected chi connectivity index (χ3v) is 2.26. The van der Waals surface area contributed by atoms with Crippen LogP contribution in [0.4, 0.5) is 0 Å². The van der Waals surface area contributed by atoms with Gasteiger partial charge < -0.3 is 0 Å². The van der Waals surface area contributed by atoms with Crippen LogP contribution in [0, 0.1) is 5.92 Å². The zero-order valence-electron chi connectivity index (χ0n) is 8.57. The van der Waals surface area contributed by atoms with Crippen molar-refractivity contribution in [3.63, 3.8) is 0 Å². The van der Waals surface area contributed by atoms with E-state index in [1.165, 1.54) is 10.9 Å². The van der Waals surface area contributed by atoms with E-state index in [-0.39, 0.29) is 0 Å². The summed E-state index contributed by atoms with van der Waals surface area (Å²) in [7, 11) is 0. The zero-order chi connectivity index (χ0) is 9.97. The summed E-state index contributed by atoms with van der Waals surface area (Å²) >= 11 is 0. The number of benzene rings is 1. The summed E-state index contributed by atoms with van der Waals surface area (Å²) in [5, 5.41) is 9.35. The van der Waals surface area contributed by atoms with Crippen LogP contribution in [0.3, 0.4) is 0 Å². The molecule has 0 saturated carbocycles. The average Bonchev–Trinajstić information content (AvgIpc) is 2.18. The molecule has 0 spiro atoms. The lowest BCUT2D eigenvalue weighted by atomic mass is 10.0. The van der Waals surface area contributed by atoms with E-state index < -0.39 is 0 Å². The highest BCUT2D eigenvalue weighted by Gasteiger charge is 2.03. The second-order valence-corrected chi connectivity index (χ2v) is 3.98. The quantitative estimate of drug-likeness (QED) is 0.720. The molecule has 2 nitrogen and oxygen atoms in total. The molecule has 0 saturated heterocycles. The fourth-order valence-electron chi connectivity index (χ4n) is 1.67. The number of fused-ring (bicyclic) bond motifs is 1. The Bertz CT molecular complexity index is 430. The predicted molar refractivity (Wildman–Crippen MR) is 58.1 cm³/mol. The van der Waals surface area contributed by atoms with Gasteiger partial charge in [0, 0.05) is 5.39 Å². The van der Waals surface area contributed by atoms with Gasteiger partial charge in [-0.2, -0.15) is 10.2 Å². The average molecular weight is 186 g/mol. The van der Waals surface area contributed by atoms with E-state index in [9.17, 15) is 0 Å². The highest BCUT2D eigenvalue weighted by molar-refractivity contribution is 5.81. The van der Waals surface area contributed by atoms with Crippen LogP contribution >= 0.6 is 0 Å². The first-order valence-electron chi connectivity index (χ1n) is 4.96. The van der Waals surface area contributed by atoms with E-state index in [4.69, 9.17) is 0 Å². The van der Waals surface area contributed by atoms with Crippen molar-refractivity contribution >= 4 is 10.9 Å². The van der Waals surface area contributed by atoms with Gasteiger partial charge in [0.1, 0.15) is 0 Å².